The van der Waals surface area contributed by atoms with Crippen LogP contribution in [0.15, 0.2) is 64.8 Å². The highest BCUT2D eigenvalue weighted by Gasteiger charge is 2.35. The molecule has 0 saturated heterocycles. The molecule has 0 radical (unpaired) electrons. The summed E-state index contributed by atoms with van der Waals surface area (Å²) >= 11 is 0. The summed E-state index contributed by atoms with van der Waals surface area (Å²) in [7, 11) is 0. The van der Waals surface area contributed by atoms with Crippen molar-refractivity contribution in [3.05, 3.63) is 77.6 Å². The summed E-state index contributed by atoms with van der Waals surface area (Å²) in [4.78, 5) is 19.2. The second kappa shape index (κ2) is 9.12. The van der Waals surface area contributed by atoms with E-state index in [0.29, 0.717) is 23.8 Å². The Kier molecular flexibility index (Phi) is 6.11. The van der Waals surface area contributed by atoms with Gasteiger partial charge in [-0.1, -0.05) is 55.3 Å². The number of carbonyl (C=O) groups is 1. The van der Waals surface area contributed by atoms with Crippen LogP contribution < -0.4 is 5.32 Å². The van der Waals surface area contributed by atoms with Crippen molar-refractivity contribution in [2.75, 3.05) is 6.54 Å². The van der Waals surface area contributed by atoms with E-state index in [1.165, 1.54) is 12.1 Å². The fraction of sp³-hybridized carbons (Fsp3) is 0.292. The fourth-order valence-corrected chi connectivity index (χ4v) is 3.79. The van der Waals surface area contributed by atoms with Gasteiger partial charge in [-0.2, -0.15) is 4.98 Å². The van der Waals surface area contributed by atoms with E-state index in [2.05, 4.69) is 22.4 Å². The molecule has 0 bridgehead atoms. The van der Waals surface area contributed by atoms with Gasteiger partial charge in [0.05, 0.1) is 11.6 Å². The first-order chi connectivity index (χ1) is 15.1. The highest BCUT2D eigenvalue weighted by molar-refractivity contribution is 5.86. The van der Waals surface area contributed by atoms with Crippen LogP contribution in [0, 0.1) is 5.82 Å². The van der Waals surface area contributed by atoms with Crippen molar-refractivity contribution in [3.63, 3.8) is 0 Å². The number of nitrogens with zero attached hydrogens (tertiary/aromatic N) is 3. The molecule has 1 aliphatic rings. The van der Waals surface area contributed by atoms with Crippen molar-refractivity contribution in [2.24, 2.45) is 0 Å². The normalized spacial score (nSPS) is 16.5. The molecule has 0 fully saturated rings. The highest BCUT2D eigenvalue weighted by Crippen LogP contribution is 2.37. The summed E-state index contributed by atoms with van der Waals surface area (Å²) in [6, 6.07) is 15.1. The molecular weight excluding hydrogens is 395 g/mol. The number of halogens is 1. The summed E-state index contributed by atoms with van der Waals surface area (Å²) in [5, 5.41) is 7.20. The molecule has 2 aromatic carbocycles. The predicted molar refractivity (Wildman–Crippen MR) is 116 cm³/mol. The molecule has 2 amide bonds. The number of nitrogens with one attached hydrogen (secondary N) is 1. The standard InChI is InChI=1S/C24H25FN4O2/c1-3-4-8-15-29-16(2)20(21(26-24(29)30)17-9-6-5-7-10-17)23-27-22(28-31-23)18-11-13-19(25)14-12-18/h5-7,9-14,21H,3-4,8,15H2,1-2H3,(H,26,30). The molecule has 1 N–H and O–H groups in total. The molecule has 1 aliphatic heterocycles. The van der Waals surface area contributed by atoms with Gasteiger partial charge in [-0.05, 0) is 43.2 Å². The number of unbranched alkanes of at least 4 members (excludes halogenated alkanes) is 2. The molecule has 6 nitrogen and oxygen atoms in total. The van der Waals surface area contributed by atoms with Crippen molar-refractivity contribution >= 4 is 11.6 Å². The summed E-state index contributed by atoms with van der Waals surface area (Å²) in [6.45, 7) is 4.67. The Morgan fingerprint density at radius 2 is 1.84 bits per heavy atom. The largest absolute Gasteiger partial charge is 0.334 e. The van der Waals surface area contributed by atoms with Crippen LogP contribution in [0.2, 0.25) is 0 Å². The van der Waals surface area contributed by atoms with Crippen LogP contribution in [0.4, 0.5) is 9.18 Å². The Morgan fingerprint density at radius 3 is 2.55 bits per heavy atom. The molecule has 1 unspecified atom stereocenters. The second-order valence-electron chi connectivity index (χ2n) is 7.58. The van der Waals surface area contributed by atoms with E-state index in [4.69, 9.17) is 4.52 Å². The van der Waals surface area contributed by atoms with E-state index in [1.54, 1.807) is 17.0 Å². The molecule has 2 heterocycles. The van der Waals surface area contributed by atoms with Gasteiger partial charge in [0, 0.05) is 17.8 Å². The van der Waals surface area contributed by atoms with Gasteiger partial charge in [0.1, 0.15) is 5.82 Å². The van der Waals surface area contributed by atoms with E-state index in [1.807, 2.05) is 37.3 Å². The molecule has 0 spiro atoms. The summed E-state index contributed by atoms with van der Waals surface area (Å²) in [6.07, 6.45) is 3.03. The van der Waals surface area contributed by atoms with Crippen LogP contribution in [0.5, 0.6) is 0 Å². The number of urea groups is 1. The quantitative estimate of drug-likeness (QED) is 0.508. The van der Waals surface area contributed by atoms with Gasteiger partial charge in [-0.3, -0.25) is 4.90 Å². The molecular formula is C24H25FN4O2. The van der Waals surface area contributed by atoms with E-state index in [-0.39, 0.29) is 11.8 Å². The zero-order valence-electron chi connectivity index (χ0n) is 17.6. The SMILES string of the molecule is CCCCCN1C(=O)NC(c2ccccc2)C(c2nc(-c3ccc(F)cc3)no2)=C1C. The third kappa shape index (κ3) is 4.35. The van der Waals surface area contributed by atoms with Crippen LogP contribution in [0.3, 0.4) is 0 Å². The van der Waals surface area contributed by atoms with Crippen molar-refractivity contribution in [1.82, 2.24) is 20.4 Å². The number of aromatic nitrogens is 2. The molecule has 31 heavy (non-hydrogen) atoms. The Morgan fingerprint density at radius 1 is 1.10 bits per heavy atom. The number of hydrogen-bond acceptors (Lipinski definition) is 4. The lowest BCUT2D eigenvalue weighted by atomic mass is 9.94. The zero-order chi connectivity index (χ0) is 21.8. The molecule has 0 saturated carbocycles. The minimum absolute atomic E-state index is 0.135. The molecule has 4 rings (SSSR count). The number of hydrogen-bond donors (Lipinski definition) is 1. The third-order valence-electron chi connectivity index (χ3n) is 5.47. The number of amides is 2. The monoisotopic (exact) mass is 420 g/mol. The Hall–Kier alpha value is -3.48. The maximum Gasteiger partial charge on any atom is 0.322 e. The lowest BCUT2D eigenvalue weighted by Gasteiger charge is -2.35. The van der Waals surface area contributed by atoms with Crippen LogP contribution in [0.25, 0.3) is 17.0 Å². The van der Waals surface area contributed by atoms with Crippen molar-refractivity contribution < 1.29 is 13.7 Å². The van der Waals surface area contributed by atoms with Gasteiger partial charge < -0.3 is 9.84 Å². The number of rotatable bonds is 7. The van der Waals surface area contributed by atoms with E-state index in [0.717, 1.165) is 36.1 Å². The van der Waals surface area contributed by atoms with Crippen molar-refractivity contribution in [1.29, 1.82) is 0 Å². The number of carbonyl (C=O) groups excluding carboxylic acids is 1. The van der Waals surface area contributed by atoms with E-state index >= 15 is 0 Å². The Balaban J connectivity index is 1.75. The molecule has 7 heteroatoms. The van der Waals surface area contributed by atoms with Gasteiger partial charge in [0.25, 0.3) is 5.89 Å². The average Bonchev–Trinajstić information content (AvgIpc) is 3.26. The van der Waals surface area contributed by atoms with E-state index < -0.39 is 6.04 Å². The Labute approximate surface area is 180 Å². The maximum absolute atomic E-state index is 13.3. The minimum atomic E-state index is -0.405. The van der Waals surface area contributed by atoms with Crippen molar-refractivity contribution in [2.45, 2.75) is 39.2 Å². The van der Waals surface area contributed by atoms with Crippen LogP contribution in [0.1, 0.15) is 50.6 Å². The molecule has 0 aliphatic carbocycles. The smallest absolute Gasteiger partial charge is 0.322 e. The van der Waals surface area contributed by atoms with Gasteiger partial charge in [-0.25, -0.2) is 9.18 Å². The molecule has 160 valence electrons. The van der Waals surface area contributed by atoms with Crippen LogP contribution in [-0.4, -0.2) is 27.6 Å². The number of benzene rings is 2. The van der Waals surface area contributed by atoms with E-state index in [9.17, 15) is 9.18 Å². The highest BCUT2D eigenvalue weighted by atomic mass is 19.1. The topological polar surface area (TPSA) is 71.3 Å². The zero-order valence-corrected chi connectivity index (χ0v) is 17.6. The first-order valence-corrected chi connectivity index (χ1v) is 10.5. The fourth-order valence-electron chi connectivity index (χ4n) is 3.79. The molecule has 3 aromatic rings. The van der Waals surface area contributed by atoms with Crippen LogP contribution >= 0.6 is 0 Å². The lowest BCUT2D eigenvalue weighted by molar-refractivity contribution is 0.204. The number of allylic oxidation sites excluding steroid dienone is 1. The first-order valence-electron chi connectivity index (χ1n) is 10.5. The maximum atomic E-state index is 13.3. The van der Waals surface area contributed by atoms with Crippen LogP contribution in [-0.2, 0) is 0 Å². The Bertz CT molecular complexity index is 1080. The average molecular weight is 420 g/mol. The minimum Gasteiger partial charge on any atom is -0.334 e. The third-order valence-corrected chi connectivity index (χ3v) is 5.47. The summed E-state index contributed by atoms with van der Waals surface area (Å²) in [5.74, 6) is 0.385. The molecule has 1 aromatic heterocycles. The predicted octanol–water partition coefficient (Wildman–Crippen LogP) is 5.56. The second-order valence-corrected chi connectivity index (χ2v) is 7.58. The van der Waals surface area contributed by atoms with Gasteiger partial charge in [0.15, 0.2) is 0 Å². The first kappa shape index (κ1) is 20.8. The van der Waals surface area contributed by atoms with Gasteiger partial charge in [-0.15, -0.1) is 0 Å². The summed E-state index contributed by atoms with van der Waals surface area (Å²) < 4.78 is 18.9. The summed E-state index contributed by atoms with van der Waals surface area (Å²) in [5.41, 5.74) is 3.15. The molecule has 1 atom stereocenters. The van der Waals surface area contributed by atoms with Crippen molar-refractivity contribution in [3.8, 4) is 11.4 Å². The lowest BCUT2D eigenvalue weighted by Crippen LogP contribution is -2.46. The van der Waals surface area contributed by atoms with Gasteiger partial charge in [0.2, 0.25) is 5.82 Å². The van der Waals surface area contributed by atoms with Gasteiger partial charge >= 0.3 is 6.03 Å².